The SMILES string of the molecule is CN(C)Cc1cc(CNc2nc(-c3ccncc3)nc3ccccc23)ccc1F. The van der Waals surface area contributed by atoms with Gasteiger partial charge in [-0.25, -0.2) is 14.4 Å². The Morgan fingerprint density at radius 1 is 0.966 bits per heavy atom. The van der Waals surface area contributed by atoms with Gasteiger partial charge in [-0.3, -0.25) is 4.98 Å². The van der Waals surface area contributed by atoms with Crippen LogP contribution in [-0.4, -0.2) is 33.9 Å². The Morgan fingerprint density at radius 2 is 1.76 bits per heavy atom. The van der Waals surface area contributed by atoms with Gasteiger partial charge in [-0.15, -0.1) is 0 Å². The van der Waals surface area contributed by atoms with Gasteiger partial charge in [-0.1, -0.05) is 18.2 Å². The third kappa shape index (κ3) is 4.38. The Kier molecular flexibility index (Phi) is 5.44. The molecule has 0 spiro atoms. The first-order valence-electron chi connectivity index (χ1n) is 9.43. The van der Waals surface area contributed by atoms with Gasteiger partial charge >= 0.3 is 0 Å². The first kappa shape index (κ1) is 19.0. The van der Waals surface area contributed by atoms with Crippen LogP contribution >= 0.6 is 0 Å². The van der Waals surface area contributed by atoms with Crippen molar-refractivity contribution in [1.82, 2.24) is 19.9 Å². The highest BCUT2D eigenvalue weighted by Gasteiger charge is 2.10. The van der Waals surface area contributed by atoms with Gasteiger partial charge in [-0.2, -0.15) is 0 Å². The summed E-state index contributed by atoms with van der Waals surface area (Å²) < 4.78 is 14.1. The van der Waals surface area contributed by atoms with E-state index in [1.807, 2.05) is 61.5 Å². The Bertz CT molecular complexity index is 1130. The lowest BCUT2D eigenvalue weighted by Gasteiger charge is -2.14. The maximum absolute atomic E-state index is 14.1. The number of nitrogens with one attached hydrogen (secondary N) is 1. The Hall–Kier alpha value is -3.38. The molecule has 0 amide bonds. The molecule has 5 nitrogen and oxygen atoms in total. The second kappa shape index (κ2) is 8.32. The van der Waals surface area contributed by atoms with Crippen LogP contribution in [0, 0.1) is 5.82 Å². The lowest BCUT2D eigenvalue weighted by Crippen LogP contribution is -2.12. The van der Waals surface area contributed by atoms with E-state index in [0.29, 0.717) is 24.5 Å². The van der Waals surface area contributed by atoms with Crippen molar-refractivity contribution >= 4 is 16.7 Å². The number of pyridine rings is 1. The van der Waals surface area contributed by atoms with Crippen LogP contribution in [0.4, 0.5) is 10.2 Å². The van der Waals surface area contributed by atoms with Gasteiger partial charge in [0.25, 0.3) is 0 Å². The maximum Gasteiger partial charge on any atom is 0.162 e. The van der Waals surface area contributed by atoms with Gasteiger partial charge in [0, 0.05) is 42.0 Å². The number of fused-ring (bicyclic) bond motifs is 1. The second-order valence-electron chi connectivity index (χ2n) is 7.17. The van der Waals surface area contributed by atoms with E-state index in [4.69, 9.17) is 4.98 Å². The van der Waals surface area contributed by atoms with Crippen LogP contribution in [-0.2, 0) is 13.1 Å². The van der Waals surface area contributed by atoms with E-state index in [2.05, 4.69) is 15.3 Å². The molecule has 0 fully saturated rings. The van der Waals surface area contributed by atoms with Gasteiger partial charge < -0.3 is 10.2 Å². The van der Waals surface area contributed by atoms with E-state index in [-0.39, 0.29) is 5.82 Å². The highest BCUT2D eigenvalue weighted by molar-refractivity contribution is 5.90. The zero-order valence-corrected chi connectivity index (χ0v) is 16.4. The lowest BCUT2D eigenvalue weighted by molar-refractivity contribution is 0.392. The van der Waals surface area contributed by atoms with Crippen LogP contribution < -0.4 is 5.32 Å². The van der Waals surface area contributed by atoms with E-state index >= 15 is 0 Å². The molecule has 4 aromatic rings. The fourth-order valence-corrected chi connectivity index (χ4v) is 3.23. The van der Waals surface area contributed by atoms with Crippen molar-refractivity contribution in [2.75, 3.05) is 19.4 Å². The molecule has 146 valence electrons. The summed E-state index contributed by atoms with van der Waals surface area (Å²) in [5.41, 5.74) is 3.45. The molecule has 0 saturated heterocycles. The first-order valence-corrected chi connectivity index (χ1v) is 9.43. The fourth-order valence-electron chi connectivity index (χ4n) is 3.23. The predicted octanol–water partition coefficient (Wildman–Crippen LogP) is 4.50. The van der Waals surface area contributed by atoms with Crippen molar-refractivity contribution in [3.63, 3.8) is 0 Å². The number of hydrogen-bond donors (Lipinski definition) is 1. The number of anilines is 1. The summed E-state index contributed by atoms with van der Waals surface area (Å²) in [6, 6.07) is 16.9. The van der Waals surface area contributed by atoms with Gasteiger partial charge in [0.05, 0.1) is 5.52 Å². The minimum Gasteiger partial charge on any atom is -0.365 e. The standard InChI is InChI=1S/C23H22FN5/c1-29(2)15-18-13-16(7-8-20(18)24)14-26-23-19-5-3-4-6-21(19)27-22(28-23)17-9-11-25-12-10-17/h3-13H,14-15H2,1-2H3,(H,26,27,28). The van der Waals surface area contributed by atoms with Crippen LogP contribution in [0.15, 0.2) is 67.0 Å². The highest BCUT2D eigenvalue weighted by atomic mass is 19.1. The summed E-state index contributed by atoms with van der Waals surface area (Å²) in [6.45, 7) is 1.10. The molecular weight excluding hydrogens is 365 g/mol. The molecule has 0 aliphatic rings. The molecule has 2 aromatic heterocycles. The molecule has 29 heavy (non-hydrogen) atoms. The molecule has 0 radical (unpaired) electrons. The molecule has 1 N–H and O–H groups in total. The largest absolute Gasteiger partial charge is 0.365 e. The van der Waals surface area contributed by atoms with E-state index < -0.39 is 0 Å². The zero-order chi connectivity index (χ0) is 20.2. The quantitative estimate of drug-likeness (QED) is 0.528. The fraction of sp³-hybridized carbons (Fsp3) is 0.174. The second-order valence-corrected chi connectivity index (χ2v) is 7.17. The van der Waals surface area contributed by atoms with Crippen molar-refractivity contribution in [3.8, 4) is 11.4 Å². The number of hydrogen-bond acceptors (Lipinski definition) is 5. The van der Waals surface area contributed by atoms with Gasteiger partial charge in [0.1, 0.15) is 11.6 Å². The number of rotatable bonds is 6. The summed E-state index contributed by atoms with van der Waals surface area (Å²) in [5.74, 6) is 1.21. The molecule has 4 rings (SSSR count). The molecule has 2 heterocycles. The normalized spacial score (nSPS) is 11.2. The summed E-state index contributed by atoms with van der Waals surface area (Å²) in [7, 11) is 3.86. The van der Waals surface area contributed by atoms with Crippen molar-refractivity contribution in [1.29, 1.82) is 0 Å². The van der Waals surface area contributed by atoms with E-state index in [1.54, 1.807) is 18.5 Å². The summed E-state index contributed by atoms with van der Waals surface area (Å²) in [6.07, 6.45) is 3.46. The number of benzene rings is 2. The molecule has 0 saturated carbocycles. The van der Waals surface area contributed by atoms with Crippen LogP contribution in [0.3, 0.4) is 0 Å². The lowest BCUT2D eigenvalue weighted by atomic mass is 10.1. The zero-order valence-electron chi connectivity index (χ0n) is 16.4. The van der Waals surface area contributed by atoms with Crippen molar-refractivity contribution in [2.45, 2.75) is 13.1 Å². The highest BCUT2D eigenvalue weighted by Crippen LogP contribution is 2.25. The van der Waals surface area contributed by atoms with Gasteiger partial charge in [0.2, 0.25) is 0 Å². The first-order chi connectivity index (χ1) is 14.1. The molecule has 0 atom stereocenters. The van der Waals surface area contributed by atoms with E-state index in [1.165, 1.54) is 6.07 Å². The Labute approximate surface area is 169 Å². The van der Waals surface area contributed by atoms with Crippen molar-refractivity contribution < 1.29 is 4.39 Å². The molecular formula is C23H22FN5. The molecule has 2 aromatic carbocycles. The molecule has 6 heteroatoms. The van der Waals surface area contributed by atoms with E-state index in [9.17, 15) is 4.39 Å². The molecule has 0 aliphatic carbocycles. The van der Waals surface area contributed by atoms with Crippen LogP contribution in [0.2, 0.25) is 0 Å². The average molecular weight is 387 g/mol. The predicted molar refractivity (Wildman–Crippen MR) is 114 cm³/mol. The maximum atomic E-state index is 14.1. The Morgan fingerprint density at radius 3 is 2.55 bits per heavy atom. The molecule has 0 bridgehead atoms. The third-order valence-electron chi connectivity index (χ3n) is 4.60. The van der Waals surface area contributed by atoms with Crippen LogP contribution in [0.25, 0.3) is 22.3 Å². The summed E-state index contributed by atoms with van der Waals surface area (Å²) >= 11 is 0. The monoisotopic (exact) mass is 387 g/mol. The number of para-hydroxylation sites is 1. The van der Waals surface area contributed by atoms with Gasteiger partial charge in [-0.05, 0) is 56.1 Å². The summed E-state index contributed by atoms with van der Waals surface area (Å²) in [5, 5.41) is 4.36. The van der Waals surface area contributed by atoms with E-state index in [0.717, 1.165) is 27.8 Å². The number of nitrogens with zero attached hydrogens (tertiary/aromatic N) is 4. The average Bonchev–Trinajstić information content (AvgIpc) is 2.74. The molecule has 0 aliphatic heterocycles. The topological polar surface area (TPSA) is 53.9 Å². The minimum atomic E-state index is -0.185. The van der Waals surface area contributed by atoms with Crippen LogP contribution in [0.5, 0.6) is 0 Å². The van der Waals surface area contributed by atoms with Crippen LogP contribution in [0.1, 0.15) is 11.1 Å². The van der Waals surface area contributed by atoms with Crippen molar-refractivity contribution in [3.05, 3.63) is 83.9 Å². The van der Waals surface area contributed by atoms with Gasteiger partial charge in [0.15, 0.2) is 5.82 Å². The number of halogens is 1. The van der Waals surface area contributed by atoms with Crippen molar-refractivity contribution in [2.24, 2.45) is 0 Å². The minimum absolute atomic E-state index is 0.185. The Balaban J connectivity index is 1.66. The third-order valence-corrected chi connectivity index (χ3v) is 4.60. The number of aromatic nitrogens is 3. The summed E-state index contributed by atoms with van der Waals surface area (Å²) in [4.78, 5) is 15.4. The molecule has 0 unspecified atom stereocenters. The smallest absolute Gasteiger partial charge is 0.162 e.